The van der Waals surface area contributed by atoms with Crippen molar-refractivity contribution in [1.82, 2.24) is 4.98 Å². The molecule has 0 aliphatic carbocycles. The summed E-state index contributed by atoms with van der Waals surface area (Å²) in [5, 5.41) is 13.4. The molecule has 0 aromatic carbocycles. The standard InChI is InChI=1S/C8H12N4O2/c1-5(2)10-8-4-6(12(13)14)3-7(9)11-8/h3-5H,1-2H3,(H3,9,10,11). The van der Waals surface area contributed by atoms with E-state index in [0.717, 1.165) is 0 Å². The van der Waals surface area contributed by atoms with Gasteiger partial charge in [0.1, 0.15) is 11.6 Å². The fourth-order valence-electron chi connectivity index (χ4n) is 1.01. The molecule has 0 amide bonds. The average molecular weight is 196 g/mol. The molecule has 0 aliphatic heterocycles. The molecule has 0 radical (unpaired) electrons. The molecule has 3 N–H and O–H groups in total. The van der Waals surface area contributed by atoms with E-state index in [4.69, 9.17) is 5.73 Å². The Kier molecular flexibility index (Phi) is 2.85. The number of nitro groups is 1. The number of nitrogen functional groups attached to an aromatic ring is 1. The van der Waals surface area contributed by atoms with E-state index >= 15 is 0 Å². The monoisotopic (exact) mass is 196 g/mol. The Hall–Kier alpha value is -1.85. The number of rotatable bonds is 3. The minimum Gasteiger partial charge on any atom is -0.383 e. The first-order chi connectivity index (χ1) is 6.49. The first-order valence-corrected chi connectivity index (χ1v) is 4.17. The van der Waals surface area contributed by atoms with Gasteiger partial charge in [-0.1, -0.05) is 0 Å². The van der Waals surface area contributed by atoms with Crippen molar-refractivity contribution in [3.05, 3.63) is 22.2 Å². The van der Waals surface area contributed by atoms with Crippen LogP contribution in [-0.4, -0.2) is 15.9 Å². The number of hydrogen-bond acceptors (Lipinski definition) is 5. The maximum absolute atomic E-state index is 10.5. The summed E-state index contributed by atoms with van der Waals surface area (Å²) in [6.07, 6.45) is 0. The van der Waals surface area contributed by atoms with Gasteiger partial charge in [0, 0.05) is 6.04 Å². The Labute approximate surface area is 81.3 Å². The Bertz CT molecular complexity index is 351. The van der Waals surface area contributed by atoms with Crippen LogP contribution in [0.1, 0.15) is 13.8 Å². The van der Waals surface area contributed by atoms with E-state index in [1.165, 1.54) is 12.1 Å². The topological polar surface area (TPSA) is 94.1 Å². The van der Waals surface area contributed by atoms with Gasteiger partial charge in [0.2, 0.25) is 0 Å². The maximum atomic E-state index is 10.5. The molecule has 0 spiro atoms. The van der Waals surface area contributed by atoms with Crippen LogP contribution in [0.25, 0.3) is 0 Å². The molecule has 6 heteroatoms. The molecule has 1 rings (SSSR count). The zero-order valence-electron chi connectivity index (χ0n) is 8.02. The van der Waals surface area contributed by atoms with Gasteiger partial charge in [-0.2, -0.15) is 0 Å². The van der Waals surface area contributed by atoms with Gasteiger partial charge in [-0.05, 0) is 13.8 Å². The fraction of sp³-hybridized carbons (Fsp3) is 0.375. The Balaban J connectivity index is 3.01. The minimum atomic E-state index is -0.496. The minimum absolute atomic E-state index is 0.0550. The highest BCUT2D eigenvalue weighted by Crippen LogP contribution is 2.18. The van der Waals surface area contributed by atoms with Crippen molar-refractivity contribution in [3.63, 3.8) is 0 Å². The van der Waals surface area contributed by atoms with Crippen molar-refractivity contribution in [2.24, 2.45) is 0 Å². The maximum Gasteiger partial charge on any atom is 0.276 e. The van der Waals surface area contributed by atoms with Gasteiger partial charge in [-0.3, -0.25) is 10.1 Å². The lowest BCUT2D eigenvalue weighted by atomic mass is 10.3. The van der Waals surface area contributed by atoms with Crippen LogP contribution >= 0.6 is 0 Å². The summed E-state index contributed by atoms with van der Waals surface area (Å²) in [6.45, 7) is 3.83. The summed E-state index contributed by atoms with van der Waals surface area (Å²) < 4.78 is 0. The third-order valence-electron chi connectivity index (χ3n) is 1.48. The van der Waals surface area contributed by atoms with E-state index in [9.17, 15) is 10.1 Å². The van der Waals surface area contributed by atoms with E-state index in [1.54, 1.807) is 0 Å². The molecule has 0 saturated carbocycles. The van der Waals surface area contributed by atoms with Crippen LogP contribution in [0.15, 0.2) is 12.1 Å². The second-order valence-corrected chi connectivity index (χ2v) is 3.19. The highest BCUT2D eigenvalue weighted by molar-refractivity contribution is 5.52. The molecular weight excluding hydrogens is 184 g/mol. The number of anilines is 2. The summed E-state index contributed by atoms with van der Waals surface area (Å²) in [4.78, 5) is 13.9. The van der Waals surface area contributed by atoms with E-state index in [-0.39, 0.29) is 17.5 Å². The summed E-state index contributed by atoms with van der Waals surface area (Å²) in [5.41, 5.74) is 5.36. The van der Waals surface area contributed by atoms with Crippen molar-refractivity contribution in [2.75, 3.05) is 11.1 Å². The first-order valence-electron chi connectivity index (χ1n) is 4.17. The lowest BCUT2D eigenvalue weighted by Gasteiger charge is -2.08. The van der Waals surface area contributed by atoms with Crippen molar-refractivity contribution in [3.8, 4) is 0 Å². The highest BCUT2D eigenvalue weighted by Gasteiger charge is 2.09. The molecule has 6 nitrogen and oxygen atoms in total. The zero-order chi connectivity index (χ0) is 10.7. The molecular formula is C8H12N4O2. The number of nitrogens with two attached hydrogens (primary N) is 1. The van der Waals surface area contributed by atoms with Gasteiger partial charge in [0.25, 0.3) is 5.69 Å². The lowest BCUT2D eigenvalue weighted by Crippen LogP contribution is -2.11. The Morgan fingerprint density at radius 1 is 1.57 bits per heavy atom. The third kappa shape index (κ3) is 2.58. The van der Waals surface area contributed by atoms with Gasteiger partial charge in [0.15, 0.2) is 0 Å². The quantitative estimate of drug-likeness (QED) is 0.562. The number of hydrogen-bond donors (Lipinski definition) is 2. The van der Waals surface area contributed by atoms with Crippen molar-refractivity contribution >= 4 is 17.3 Å². The molecule has 1 aromatic heterocycles. The van der Waals surface area contributed by atoms with Gasteiger partial charge < -0.3 is 11.1 Å². The van der Waals surface area contributed by atoms with E-state index in [0.29, 0.717) is 5.82 Å². The van der Waals surface area contributed by atoms with E-state index in [2.05, 4.69) is 10.3 Å². The SMILES string of the molecule is CC(C)Nc1cc([N+](=O)[O-])cc(N)n1. The molecule has 0 unspecified atom stereocenters. The van der Waals surface area contributed by atoms with Gasteiger partial charge in [-0.15, -0.1) is 0 Å². The molecule has 1 aromatic rings. The summed E-state index contributed by atoms with van der Waals surface area (Å²) in [5.74, 6) is 0.564. The normalized spacial score (nSPS) is 10.2. The third-order valence-corrected chi connectivity index (χ3v) is 1.48. The summed E-state index contributed by atoms with van der Waals surface area (Å²) >= 11 is 0. The van der Waals surface area contributed by atoms with E-state index in [1.807, 2.05) is 13.8 Å². The second-order valence-electron chi connectivity index (χ2n) is 3.19. The Morgan fingerprint density at radius 2 is 2.21 bits per heavy atom. The highest BCUT2D eigenvalue weighted by atomic mass is 16.6. The van der Waals surface area contributed by atoms with Crippen molar-refractivity contribution in [2.45, 2.75) is 19.9 Å². The van der Waals surface area contributed by atoms with Gasteiger partial charge in [0.05, 0.1) is 17.1 Å². The number of pyridine rings is 1. The number of aromatic nitrogens is 1. The fourth-order valence-corrected chi connectivity index (χ4v) is 1.01. The molecule has 76 valence electrons. The molecule has 0 fully saturated rings. The molecule has 14 heavy (non-hydrogen) atoms. The molecule has 0 aliphatic rings. The van der Waals surface area contributed by atoms with Crippen molar-refractivity contribution in [1.29, 1.82) is 0 Å². The van der Waals surface area contributed by atoms with Crippen molar-refractivity contribution < 1.29 is 4.92 Å². The van der Waals surface area contributed by atoms with Gasteiger partial charge >= 0.3 is 0 Å². The smallest absolute Gasteiger partial charge is 0.276 e. The average Bonchev–Trinajstić information content (AvgIpc) is 2.01. The number of nitrogens with zero attached hydrogens (tertiary/aromatic N) is 2. The van der Waals surface area contributed by atoms with Crippen LogP contribution in [-0.2, 0) is 0 Å². The Morgan fingerprint density at radius 3 is 2.71 bits per heavy atom. The van der Waals surface area contributed by atoms with E-state index < -0.39 is 4.92 Å². The number of nitrogens with one attached hydrogen (secondary N) is 1. The summed E-state index contributed by atoms with van der Waals surface area (Å²) in [7, 11) is 0. The lowest BCUT2D eigenvalue weighted by molar-refractivity contribution is -0.384. The molecule has 0 saturated heterocycles. The van der Waals surface area contributed by atoms with Crippen LogP contribution in [0.3, 0.4) is 0 Å². The van der Waals surface area contributed by atoms with Crippen LogP contribution < -0.4 is 11.1 Å². The van der Waals surface area contributed by atoms with Crippen LogP contribution in [0.2, 0.25) is 0 Å². The second kappa shape index (κ2) is 3.91. The predicted octanol–water partition coefficient (Wildman–Crippen LogP) is 1.39. The largest absolute Gasteiger partial charge is 0.383 e. The first kappa shape index (κ1) is 10.2. The zero-order valence-corrected chi connectivity index (χ0v) is 8.02. The predicted molar refractivity (Wildman–Crippen MR) is 54.1 cm³/mol. The van der Waals surface area contributed by atoms with Crippen LogP contribution in [0.5, 0.6) is 0 Å². The van der Waals surface area contributed by atoms with Crippen LogP contribution in [0.4, 0.5) is 17.3 Å². The van der Waals surface area contributed by atoms with Crippen LogP contribution in [0, 0.1) is 10.1 Å². The summed E-state index contributed by atoms with van der Waals surface area (Å²) in [6, 6.07) is 2.74. The molecule has 0 bridgehead atoms. The van der Waals surface area contributed by atoms with Gasteiger partial charge in [-0.25, -0.2) is 4.98 Å². The molecule has 1 heterocycles. The molecule has 0 atom stereocenters.